The Morgan fingerprint density at radius 1 is 1.21 bits per heavy atom. The van der Waals surface area contributed by atoms with Crippen molar-refractivity contribution in [2.45, 2.75) is 33.1 Å². The maximum atomic E-state index is 4.33. The first kappa shape index (κ1) is 9.25. The highest BCUT2D eigenvalue weighted by Gasteiger charge is 2.17. The lowest BCUT2D eigenvalue weighted by molar-refractivity contribution is 0.558. The minimum absolute atomic E-state index is 0.158. The van der Waals surface area contributed by atoms with Crippen LogP contribution in [0.3, 0.4) is 0 Å². The van der Waals surface area contributed by atoms with Crippen molar-refractivity contribution in [3.63, 3.8) is 0 Å². The van der Waals surface area contributed by atoms with Gasteiger partial charge in [0.15, 0.2) is 0 Å². The van der Waals surface area contributed by atoms with Crippen LogP contribution >= 0.6 is 0 Å². The topological polar surface area (TPSA) is 17.3 Å². The fraction of sp³-hybridized carbons (Fsp3) is 0.417. The van der Waals surface area contributed by atoms with Crippen LogP contribution in [0.2, 0.25) is 0 Å². The summed E-state index contributed by atoms with van der Waals surface area (Å²) >= 11 is 0. The Bertz CT molecular complexity index is 461. The highest BCUT2D eigenvalue weighted by atomic mass is 15.0. The third-order valence-corrected chi connectivity index (χ3v) is 2.50. The molecule has 14 heavy (non-hydrogen) atoms. The van der Waals surface area contributed by atoms with E-state index in [2.05, 4.69) is 48.4 Å². The summed E-state index contributed by atoms with van der Waals surface area (Å²) in [4.78, 5) is 4.33. The van der Waals surface area contributed by atoms with E-state index in [1.54, 1.807) is 0 Å². The maximum absolute atomic E-state index is 4.33. The molecule has 0 saturated heterocycles. The molecule has 2 rings (SSSR count). The Kier molecular flexibility index (Phi) is 1.88. The van der Waals surface area contributed by atoms with Crippen LogP contribution in [0.5, 0.6) is 0 Å². The van der Waals surface area contributed by atoms with Crippen molar-refractivity contribution in [3.8, 4) is 0 Å². The average molecular weight is 188 g/mol. The first-order chi connectivity index (χ1) is 6.50. The lowest BCUT2D eigenvalue weighted by Gasteiger charge is -2.21. The number of aromatic nitrogens is 2. The molecule has 2 heterocycles. The van der Waals surface area contributed by atoms with Crippen molar-refractivity contribution in [1.29, 1.82) is 0 Å². The number of hydrogen-bond donors (Lipinski definition) is 0. The minimum atomic E-state index is 0.158. The van der Waals surface area contributed by atoms with Crippen LogP contribution in [0, 0.1) is 6.92 Å². The molecule has 2 nitrogen and oxygen atoms in total. The molecule has 0 unspecified atom stereocenters. The van der Waals surface area contributed by atoms with Crippen LogP contribution in [-0.2, 0) is 5.41 Å². The highest BCUT2D eigenvalue weighted by molar-refractivity contribution is 5.48. The van der Waals surface area contributed by atoms with Crippen LogP contribution in [0.15, 0.2) is 24.4 Å². The third kappa shape index (κ3) is 1.31. The van der Waals surface area contributed by atoms with E-state index in [4.69, 9.17) is 0 Å². The summed E-state index contributed by atoms with van der Waals surface area (Å²) in [5.41, 5.74) is 2.64. The van der Waals surface area contributed by atoms with Crippen LogP contribution in [-0.4, -0.2) is 9.38 Å². The second-order valence-electron chi connectivity index (χ2n) is 4.73. The van der Waals surface area contributed by atoms with E-state index in [0.29, 0.717) is 0 Å². The summed E-state index contributed by atoms with van der Waals surface area (Å²) in [7, 11) is 0. The van der Waals surface area contributed by atoms with Gasteiger partial charge in [0.25, 0.3) is 0 Å². The molecular weight excluding hydrogens is 172 g/mol. The number of pyridine rings is 1. The molecule has 0 aliphatic carbocycles. The van der Waals surface area contributed by atoms with Crippen molar-refractivity contribution in [3.05, 3.63) is 35.9 Å². The monoisotopic (exact) mass is 188 g/mol. The highest BCUT2D eigenvalue weighted by Crippen LogP contribution is 2.23. The predicted molar refractivity (Wildman–Crippen MR) is 58.6 cm³/mol. The van der Waals surface area contributed by atoms with Gasteiger partial charge in [-0.15, -0.1) is 0 Å². The third-order valence-electron chi connectivity index (χ3n) is 2.50. The van der Waals surface area contributed by atoms with E-state index < -0.39 is 0 Å². The fourth-order valence-electron chi connectivity index (χ4n) is 1.79. The Balaban J connectivity index is 2.82. The number of rotatable bonds is 0. The normalized spacial score (nSPS) is 12.3. The molecule has 0 bridgehead atoms. The van der Waals surface area contributed by atoms with Gasteiger partial charge in [0.05, 0.1) is 11.7 Å². The lowest BCUT2D eigenvalue weighted by atomic mass is 9.91. The lowest BCUT2D eigenvalue weighted by Crippen LogP contribution is -2.16. The summed E-state index contributed by atoms with van der Waals surface area (Å²) in [5.74, 6) is 1.06. The first-order valence-corrected chi connectivity index (χ1v) is 4.94. The maximum Gasteiger partial charge on any atom is 0.110 e. The van der Waals surface area contributed by atoms with Crippen molar-refractivity contribution in [1.82, 2.24) is 9.38 Å². The van der Waals surface area contributed by atoms with Crippen molar-refractivity contribution in [2.24, 2.45) is 0 Å². The quantitative estimate of drug-likeness (QED) is 0.621. The Morgan fingerprint density at radius 2 is 1.93 bits per heavy atom. The number of imidazole rings is 1. The molecule has 2 heteroatoms. The second kappa shape index (κ2) is 2.84. The van der Waals surface area contributed by atoms with Gasteiger partial charge in [-0.1, -0.05) is 26.8 Å². The van der Waals surface area contributed by atoms with Crippen molar-refractivity contribution < 1.29 is 0 Å². The Labute approximate surface area is 84.6 Å². The van der Waals surface area contributed by atoms with Gasteiger partial charge in [-0.3, -0.25) is 0 Å². The van der Waals surface area contributed by atoms with Gasteiger partial charge in [0.1, 0.15) is 5.82 Å². The zero-order valence-corrected chi connectivity index (χ0v) is 9.20. The molecule has 0 saturated carbocycles. The summed E-state index contributed by atoms with van der Waals surface area (Å²) < 4.78 is 2.22. The second-order valence-corrected chi connectivity index (χ2v) is 4.73. The van der Waals surface area contributed by atoms with Crippen LogP contribution in [0.25, 0.3) is 5.52 Å². The molecule has 0 aliphatic heterocycles. The van der Waals surface area contributed by atoms with Crippen LogP contribution < -0.4 is 0 Å². The van der Waals surface area contributed by atoms with E-state index in [0.717, 1.165) is 5.82 Å². The first-order valence-electron chi connectivity index (χ1n) is 4.94. The number of hydrogen-bond acceptors (Lipinski definition) is 1. The van der Waals surface area contributed by atoms with Crippen molar-refractivity contribution >= 4 is 5.52 Å². The van der Waals surface area contributed by atoms with Crippen LogP contribution in [0.1, 0.15) is 32.3 Å². The SMILES string of the molecule is Cc1ncc2cccc(C(C)(C)C)n12. The summed E-state index contributed by atoms with van der Waals surface area (Å²) in [5, 5.41) is 0. The minimum Gasteiger partial charge on any atom is -0.300 e. The van der Waals surface area contributed by atoms with Crippen molar-refractivity contribution in [2.75, 3.05) is 0 Å². The molecule has 2 aromatic heterocycles. The van der Waals surface area contributed by atoms with E-state index in [9.17, 15) is 0 Å². The molecule has 0 atom stereocenters. The molecule has 0 radical (unpaired) electrons. The van der Waals surface area contributed by atoms with Gasteiger partial charge >= 0.3 is 0 Å². The number of nitrogens with zero attached hydrogens (tertiary/aromatic N) is 2. The van der Waals surface area contributed by atoms with Gasteiger partial charge in [-0.05, 0) is 19.1 Å². The zero-order chi connectivity index (χ0) is 10.3. The molecule has 0 aliphatic rings. The summed E-state index contributed by atoms with van der Waals surface area (Å²) in [6, 6.07) is 6.36. The zero-order valence-electron chi connectivity index (χ0n) is 9.20. The standard InChI is InChI=1S/C12H16N2/c1-9-13-8-10-6-5-7-11(14(9)10)12(2,3)4/h5-8H,1-4H3. The predicted octanol–water partition coefficient (Wildman–Crippen LogP) is 2.94. The van der Waals surface area contributed by atoms with Gasteiger partial charge in [-0.2, -0.15) is 0 Å². The van der Waals surface area contributed by atoms with E-state index >= 15 is 0 Å². The fourth-order valence-corrected chi connectivity index (χ4v) is 1.79. The molecule has 74 valence electrons. The average Bonchev–Trinajstić information content (AvgIpc) is 2.46. The number of aryl methyl sites for hydroxylation is 1. The molecule has 0 N–H and O–H groups in total. The molecule has 2 aromatic rings. The van der Waals surface area contributed by atoms with Gasteiger partial charge in [-0.25, -0.2) is 4.98 Å². The number of fused-ring (bicyclic) bond motifs is 1. The summed E-state index contributed by atoms with van der Waals surface area (Å²) in [6.07, 6.45) is 1.92. The van der Waals surface area contributed by atoms with Gasteiger partial charge in [0.2, 0.25) is 0 Å². The molecule has 0 fully saturated rings. The van der Waals surface area contributed by atoms with E-state index in [-0.39, 0.29) is 5.41 Å². The van der Waals surface area contributed by atoms with E-state index in [1.165, 1.54) is 11.2 Å². The Hall–Kier alpha value is -1.31. The largest absolute Gasteiger partial charge is 0.300 e. The smallest absolute Gasteiger partial charge is 0.110 e. The van der Waals surface area contributed by atoms with Gasteiger partial charge < -0.3 is 4.40 Å². The summed E-state index contributed by atoms with van der Waals surface area (Å²) in [6.45, 7) is 8.71. The Morgan fingerprint density at radius 3 is 2.57 bits per heavy atom. The molecular formula is C12H16N2. The molecule has 0 aromatic carbocycles. The molecule has 0 amide bonds. The van der Waals surface area contributed by atoms with Crippen LogP contribution in [0.4, 0.5) is 0 Å². The molecule has 0 spiro atoms. The van der Waals surface area contributed by atoms with E-state index in [1.807, 2.05) is 13.1 Å². The van der Waals surface area contributed by atoms with Gasteiger partial charge in [0, 0.05) is 11.1 Å².